The highest BCUT2D eigenvalue weighted by Gasteiger charge is 2.05. The quantitative estimate of drug-likeness (QED) is 0.826. The van der Waals surface area contributed by atoms with Crippen LogP contribution in [0.2, 0.25) is 0 Å². The number of benzene rings is 1. The number of carbonyl (C=O) groups excluding carboxylic acids is 1. The molecular weight excluding hydrogens is 214 g/mol. The number of anilines is 2. The summed E-state index contributed by atoms with van der Waals surface area (Å²) in [5, 5.41) is 2.79. The van der Waals surface area contributed by atoms with E-state index in [1.807, 2.05) is 31.2 Å². The molecule has 4 heteroatoms. The van der Waals surface area contributed by atoms with E-state index < -0.39 is 0 Å². The second kappa shape index (κ2) is 4.65. The molecule has 0 aliphatic rings. The fourth-order valence-corrected chi connectivity index (χ4v) is 1.38. The van der Waals surface area contributed by atoms with Crippen molar-refractivity contribution >= 4 is 17.4 Å². The fourth-order valence-electron chi connectivity index (χ4n) is 1.38. The summed E-state index contributed by atoms with van der Waals surface area (Å²) in [7, 11) is 0. The molecule has 0 unspecified atom stereocenters. The number of carbonyl (C=O) groups is 1. The molecule has 0 aliphatic heterocycles. The van der Waals surface area contributed by atoms with Crippen molar-refractivity contribution in [3.63, 3.8) is 0 Å². The molecule has 0 fully saturated rings. The molecule has 86 valence electrons. The topological polar surface area (TPSA) is 68.0 Å². The van der Waals surface area contributed by atoms with E-state index in [1.165, 1.54) is 6.20 Å². The zero-order chi connectivity index (χ0) is 12.3. The maximum absolute atomic E-state index is 11.8. The number of nitrogen functional groups attached to an aromatic ring is 1. The van der Waals surface area contributed by atoms with Gasteiger partial charge in [-0.15, -0.1) is 0 Å². The summed E-state index contributed by atoms with van der Waals surface area (Å²) < 4.78 is 0. The van der Waals surface area contributed by atoms with Crippen molar-refractivity contribution in [2.45, 2.75) is 6.92 Å². The maximum atomic E-state index is 11.8. The maximum Gasteiger partial charge on any atom is 0.257 e. The molecule has 2 rings (SSSR count). The molecule has 17 heavy (non-hydrogen) atoms. The Kier molecular flexibility index (Phi) is 3.05. The number of nitrogens with zero attached hydrogens (tertiary/aromatic N) is 1. The molecule has 3 N–H and O–H groups in total. The fraction of sp³-hybridized carbons (Fsp3) is 0.0769. The molecule has 1 amide bonds. The van der Waals surface area contributed by atoms with Crippen molar-refractivity contribution in [1.82, 2.24) is 4.98 Å². The number of hydrogen-bond acceptors (Lipinski definition) is 3. The Morgan fingerprint density at radius 2 is 1.88 bits per heavy atom. The lowest BCUT2D eigenvalue weighted by Crippen LogP contribution is -2.12. The van der Waals surface area contributed by atoms with E-state index in [0.717, 1.165) is 11.3 Å². The van der Waals surface area contributed by atoms with Crippen LogP contribution < -0.4 is 11.1 Å². The lowest BCUT2D eigenvalue weighted by molar-refractivity contribution is 0.102. The zero-order valence-electron chi connectivity index (χ0n) is 9.47. The number of aryl methyl sites for hydroxylation is 1. The lowest BCUT2D eigenvalue weighted by Gasteiger charge is -2.05. The van der Waals surface area contributed by atoms with Crippen molar-refractivity contribution in [2.75, 3.05) is 11.1 Å². The second-order valence-corrected chi connectivity index (χ2v) is 3.79. The number of amides is 1. The van der Waals surface area contributed by atoms with Gasteiger partial charge in [0, 0.05) is 11.9 Å². The van der Waals surface area contributed by atoms with Crippen LogP contribution in [-0.4, -0.2) is 10.9 Å². The van der Waals surface area contributed by atoms with Crippen molar-refractivity contribution in [2.24, 2.45) is 0 Å². The summed E-state index contributed by atoms with van der Waals surface area (Å²) in [5.41, 5.74) is 7.85. The predicted octanol–water partition coefficient (Wildman–Crippen LogP) is 2.22. The zero-order valence-corrected chi connectivity index (χ0v) is 9.47. The van der Waals surface area contributed by atoms with Crippen molar-refractivity contribution < 1.29 is 4.79 Å². The van der Waals surface area contributed by atoms with Gasteiger partial charge < -0.3 is 11.1 Å². The average Bonchev–Trinajstić information content (AvgIpc) is 2.33. The first kappa shape index (κ1) is 11.1. The third-order valence-corrected chi connectivity index (χ3v) is 2.36. The Balaban J connectivity index is 2.11. The molecule has 0 atom stereocenters. The lowest BCUT2D eigenvalue weighted by atomic mass is 10.2. The SMILES string of the molecule is Cc1ccc(NC(=O)c2ccc(N)nc2)cc1. The van der Waals surface area contributed by atoms with Gasteiger partial charge in [-0.3, -0.25) is 4.79 Å². The number of rotatable bonds is 2. The Labute approximate surface area is 99.5 Å². The van der Waals surface area contributed by atoms with E-state index in [1.54, 1.807) is 12.1 Å². The third-order valence-electron chi connectivity index (χ3n) is 2.36. The Hall–Kier alpha value is -2.36. The van der Waals surface area contributed by atoms with Gasteiger partial charge in [-0.1, -0.05) is 17.7 Å². The summed E-state index contributed by atoms with van der Waals surface area (Å²) in [5.74, 6) is 0.207. The van der Waals surface area contributed by atoms with Crippen LogP contribution in [0.3, 0.4) is 0 Å². The highest BCUT2D eigenvalue weighted by molar-refractivity contribution is 6.04. The van der Waals surface area contributed by atoms with Gasteiger partial charge in [0.1, 0.15) is 5.82 Å². The number of pyridine rings is 1. The Morgan fingerprint density at radius 3 is 2.47 bits per heavy atom. The third kappa shape index (κ3) is 2.81. The van der Waals surface area contributed by atoms with Gasteiger partial charge >= 0.3 is 0 Å². The van der Waals surface area contributed by atoms with Crippen molar-refractivity contribution in [3.05, 3.63) is 53.7 Å². The van der Waals surface area contributed by atoms with Crippen LogP contribution in [-0.2, 0) is 0 Å². The highest BCUT2D eigenvalue weighted by Crippen LogP contribution is 2.10. The standard InChI is InChI=1S/C13H13N3O/c1-9-2-5-11(6-3-9)16-13(17)10-4-7-12(14)15-8-10/h2-8H,1H3,(H2,14,15)(H,16,17). The number of nitrogens with two attached hydrogens (primary N) is 1. The molecular formula is C13H13N3O. The van der Waals surface area contributed by atoms with Crippen LogP contribution in [0.4, 0.5) is 11.5 Å². The minimum absolute atomic E-state index is 0.193. The minimum Gasteiger partial charge on any atom is -0.384 e. The van der Waals surface area contributed by atoms with Crippen LogP contribution in [0.1, 0.15) is 15.9 Å². The largest absolute Gasteiger partial charge is 0.384 e. The molecule has 0 saturated carbocycles. The molecule has 0 aliphatic carbocycles. The summed E-state index contributed by atoms with van der Waals surface area (Å²) in [4.78, 5) is 15.7. The van der Waals surface area contributed by atoms with E-state index in [0.29, 0.717) is 11.4 Å². The van der Waals surface area contributed by atoms with E-state index in [9.17, 15) is 4.79 Å². The first-order valence-corrected chi connectivity index (χ1v) is 5.25. The molecule has 4 nitrogen and oxygen atoms in total. The first-order valence-electron chi connectivity index (χ1n) is 5.25. The van der Waals surface area contributed by atoms with Gasteiger partial charge in [-0.05, 0) is 31.2 Å². The Bertz CT molecular complexity index is 517. The molecule has 1 aromatic carbocycles. The van der Waals surface area contributed by atoms with Crippen LogP contribution in [0.5, 0.6) is 0 Å². The molecule has 1 heterocycles. The highest BCUT2D eigenvalue weighted by atomic mass is 16.1. The van der Waals surface area contributed by atoms with Gasteiger partial charge in [0.05, 0.1) is 5.56 Å². The van der Waals surface area contributed by atoms with E-state index in [2.05, 4.69) is 10.3 Å². The normalized spacial score (nSPS) is 9.94. The number of hydrogen-bond donors (Lipinski definition) is 2. The first-order chi connectivity index (χ1) is 8.15. The van der Waals surface area contributed by atoms with Crippen LogP contribution >= 0.6 is 0 Å². The predicted molar refractivity (Wildman–Crippen MR) is 67.8 cm³/mol. The molecule has 0 saturated heterocycles. The number of aromatic nitrogens is 1. The van der Waals surface area contributed by atoms with Crippen molar-refractivity contribution in [1.29, 1.82) is 0 Å². The molecule has 1 aromatic heterocycles. The minimum atomic E-state index is -0.193. The summed E-state index contributed by atoms with van der Waals surface area (Å²) in [6.07, 6.45) is 1.46. The van der Waals surface area contributed by atoms with E-state index >= 15 is 0 Å². The molecule has 0 spiro atoms. The van der Waals surface area contributed by atoms with Crippen LogP contribution in [0.25, 0.3) is 0 Å². The van der Waals surface area contributed by atoms with Gasteiger partial charge in [0.25, 0.3) is 5.91 Å². The number of nitrogens with one attached hydrogen (secondary N) is 1. The van der Waals surface area contributed by atoms with E-state index in [-0.39, 0.29) is 5.91 Å². The van der Waals surface area contributed by atoms with Gasteiger partial charge in [-0.2, -0.15) is 0 Å². The van der Waals surface area contributed by atoms with E-state index in [4.69, 9.17) is 5.73 Å². The smallest absolute Gasteiger partial charge is 0.257 e. The summed E-state index contributed by atoms with van der Waals surface area (Å²) in [6, 6.07) is 10.8. The summed E-state index contributed by atoms with van der Waals surface area (Å²) in [6.45, 7) is 2.00. The molecule has 0 radical (unpaired) electrons. The molecule has 2 aromatic rings. The average molecular weight is 227 g/mol. The monoisotopic (exact) mass is 227 g/mol. The summed E-state index contributed by atoms with van der Waals surface area (Å²) >= 11 is 0. The van der Waals surface area contributed by atoms with Gasteiger partial charge in [-0.25, -0.2) is 4.98 Å². The molecule has 0 bridgehead atoms. The second-order valence-electron chi connectivity index (χ2n) is 3.79. The Morgan fingerprint density at radius 1 is 1.18 bits per heavy atom. The van der Waals surface area contributed by atoms with Crippen LogP contribution in [0.15, 0.2) is 42.6 Å². The van der Waals surface area contributed by atoms with Crippen molar-refractivity contribution in [3.8, 4) is 0 Å². The van der Waals surface area contributed by atoms with Gasteiger partial charge in [0.15, 0.2) is 0 Å². The van der Waals surface area contributed by atoms with Crippen LogP contribution in [0, 0.1) is 6.92 Å². The van der Waals surface area contributed by atoms with Gasteiger partial charge in [0.2, 0.25) is 0 Å².